The third-order valence-electron chi connectivity index (χ3n) is 1.16. The van der Waals surface area contributed by atoms with Gasteiger partial charge in [0.25, 0.3) is 0 Å². The van der Waals surface area contributed by atoms with Gasteiger partial charge >= 0.3 is 10.1 Å². The maximum atomic E-state index is 10.9. The first-order chi connectivity index (χ1) is 6.17. The molecule has 0 fully saturated rings. The summed E-state index contributed by atoms with van der Waals surface area (Å²) in [6, 6.07) is 7.69. The fourth-order valence-corrected chi connectivity index (χ4v) is 1.24. The summed E-state index contributed by atoms with van der Waals surface area (Å²) in [5.41, 5.74) is 0. The largest absolute Gasteiger partial charge is 0.312 e. The third-order valence-corrected chi connectivity index (χ3v) is 2.26. The minimum absolute atomic E-state index is 0.0579. The van der Waals surface area contributed by atoms with Crippen molar-refractivity contribution in [2.24, 2.45) is 5.90 Å². The standard InChI is InChI=1S/C6H7NO3S.CH2O/c7-10-11(8,9)6-4-2-1-3-5-6;1-2/h1-5H,7H2;1H2. The van der Waals surface area contributed by atoms with E-state index < -0.39 is 10.1 Å². The van der Waals surface area contributed by atoms with E-state index in [0.717, 1.165) is 0 Å². The van der Waals surface area contributed by atoms with E-state index in [0.29, 0.717) is 0 Å². The van der Waals surface area contributed by atoms with Crippen LogP contribution in [0.5, 0.6) is 0 Å². The molecule has 0 aromatic heterocycles. The molecule has 0 bridgehead atoms. The highest BCUT2D eigenvalue weighted by Crippen LogP contribution is 2.08. The Bertz CT molecular complexity index is 335. The van der Waals surface area contributed by atoms with E-state index in [1.807, 2.05) is 6.79 Å². The topological polar surface area (TPSA) is 86.5 Å². The first-order valence-electron chi connectivity index (χ1n) is 3.14. The first-order valence-corrected chi connectivity index (χ1v) is 4.55. The van der Waals surface area contributed by atoms with Crippen LogP contribution in [0.4, 0.5) is 0 Å². The Morgan fingerprint density at radius 3 is 2.00 bits per heavy atom. The highest BCUT2D eigenvalue weighted by molar-refractivity contribution is 7.86. The number of hydrogen-bond acceptors (Lipinski definition) is 5. The SMILES string of the molecule is C=O.NOS(=O)(=O)c1ccccc1. The van der Waals surface area contributed by atoms with E-state index in [1.54, 1.807) is 18.2 Å². The molecule has 0 atom stereocenters. The molecule has 0 spiro atoms. The minimum atomic E-state index is -3.72. The van der Waals surface area contributed by atoms with Gasteiger partial charge in [-0.15, -0.1) is 0 Å². The van der Waals surface area contributed by atoms with Crippen LogP contribution in [-0.2, 0) is 19.2 Å². The van der Waals surface area contributed by atoms with Crippen molar-refractivity contribution in [3.8, 4) is 0 Å². The number of carbonyl (C=O) groups is 1. The fourth-order valence-electron chi connectivity index (χ4n) is 0.643. The number of benzene rings is 1. The van der Waals surface area contributed by atoms with Crippen molar-refractivity contribution in [1.82, 2.24) is 0 Å². The third kappa shape index (κ3) is 3.32. The summed E-state index contributed by atoms with van der Waals surface area (Å²) in [6.07, 6.45) is 0. The average Bonchev–Trinajstić information content (AvgIpc) is 2.22. The first kappa shape index (κ1) is 11.8. The van der Waals surface area contributed by atoms with E-state index in [-0.39, 0.29) is 4.90 Å². The normalized spacial score (nSPS) is 9.92. The number of rotatable bonds is 2. The highest BCUT2D eigenvalue weighted by atomic mass is 32.2. The second-order valence-electron chi connectivity index (χ2n) is 1.86. The maximum Gasteiger partial charge on any atom is 0.312 e. The van der Waals surface area contributed by atoms with Gasteiger partial charge in [0.2, 0.25) is 0 Å². The van der Waals surface area contributed by atoms with Gasteiger partial charge < -0.3 is 4.79 Å². The summed E-state index contributed by atoms with van der Waals surface area (Å²) in [5.74, 6) is 4.55. The summed E-state index contributed by atoms with van der Waals surface area (Å²) in [5, 5.41) is 0. The van der Waals surface area contributed by atoms with Crippen LogP contribution in [0.3, 0.4) is 0 Å². The van der Waals surface area contributed by atoms with E-state index in [4.69, 9.17) is 4.79 Å². The Hall–Kier alpha value is -1.24. The van der Waals surface area contributed by atoms with Gasteiger partial charge in [-0.2, -0.15) is 18.6 Å². The summed E-state index contributed by atoms with van der Waals surface area (Å²) >= 11 is 0. The van der Waals surface area contributed by atoms with Crippen molar-refractivity contribution < 1.29 is 17.5 Å². The molecule has 0 amide bonds. The van der Waals surface area contributed by atoms with Gasteiger partial charge in [0.15, 0.2) is 0 Å². The molecule has 0 aliphatic heterocycles. The molecule has 0 saturated carbocycles. The lowest BCUT2D eigenvalue weighted by Gasteiger charge is -1.97. The summed E-state index contributed by atoms with van der Waals surface area (Å²) < 4.78 is 25.5. The molecule has 2 N–H and O–H groups in total. The Kier molecular flexibility index (Phi) is 4.90. The molecule has 0 radical (unpaired) electrons. The van der Waals surface area contributed by atoms with Gasteiger partial charge in [-0.3, -0.25) is 0 Å². The van der Waals surface area contributed by atoms with Gasteiger partial charge in [-0.05, 0) is 12.1 Å². The van der Waals surface area contributed by atoms with Crippen molar-refractivity contribution in [2.45, 2.75) is 4.90 Å². The molecule has 1 aromatic carbocycles. The molecule has 0 aliphatic carbocycles. The predicted octanol–water partition coefficient (Wildman–Crippen LogP) is 0.0807. The molecular formula is C7H9NO4S. The quantitative estimate of drug-likeness (QED) is 0.688. The molecule has 72 valence electrons. The van der Waals surface area contributed by atoms with Crippen LogP contribution in [-0.4, -0.2) is 15.2 Å². The lowest BCUT2D eigenvalue weighted by atomic mass is 10.4. The Labute approximate surface area is 76.2 Å². The average molecular weight is 203 g/mol. The molecule has 0 aliphatic rings. The molecule has 0 heterocycles. The van der Waals surface area contributed by atoms with Crippen LogP contribution in [0, 0.1) is 0 Å². The van der Waals surface area contributed by atoms with Gasteiger partial charge in [0.05, 0.1) is 4.90 Å². The van der Waals surface area contributed by atoms with Crippen LogP contribution in [0.1, 0.15) is 0 Å². The van der Waals surface area contributed by atoms with Gasteiger partial charge in [0.1, 0.15) is 6.79 Å². The Morgan fingerprint density at radius 1 is 1.15 bits per heavy atom. The lowest BCUT2D eigenvalue weighted by Crippen LogP contribution is -2.10. The van der Waals surface area contributed by atoms with Crippen LogP contribution in [0.2, 0.25) is 0 Å². The second-order valence-corrected chi connectivity index (χ2v) is 3.44. The summed E-state index contributed by atoms with van der Waals surface area (Å²) in [4.78, 5) is 8.06. The molecule has 1 rings (SSSR count). The molecule has 0 unspecified atom stereocenters. The number of nitrogens with two attached hydrogens (primary N) is 1. The van der Waals surface area contributed by atoms with Crippen LogP contribution >= 0.6 is 0 Å². The maximum absolute atomic E-state index is 10.9. The van der Waals surface area contributed by atoms with Gasteiger partial charge in [-0.1, -0.05) is 18.2 Å². The highest BCUT2D eigenvalue weighted by Gasteiger charge is 2.11. The van der Waals surface area contributed by atoms with Crippen molar-refractivity contribution in [3.63, 3.8) is 0 Å². The van der Waals surface area contributed by atoms with Crippen LogP contribution in [0.25, 0.3) is 0 Å². The summed E-state index contributed by atoms with van der Waals surface area (Å²) in [7, 11) is -3.72. The van der Waals surface area contributed by atoms with Gasteiger partial charge in [-0.25, -0.2) is 0 Å². The number of hydrogen-bond donors (Lipinski definition) is 1. The van der Waals surface area contributed by atoms with Crippen LogP contribution in [0.15, 0.2) is 35.2 Å². The molecule has 13 heavy (non-hydrogen) atoms. The molecule has 1 aromatic rings. The minimum Gasteiger partial charge on any atom is -0.307 e. The zero-order valence-electron chi connectivity index (χ0n) is 6.71. The van der Waals surface area contributed by atoms with E-state index in [2.05, 4.69) is 10.2 Å². The lowest BCUT2D eigenvalue weighted by molar-refractivity contribution is -0.0979. The zero-order valence-corrected chi connectivity index (χ0v) is 7.53. The molecular weight excluding hydrogens is 194 g/mol. The fraction of sp³-hybridized carbons (Fsp3) is 0. The van der Waals surface area contributed by atoms with Crippen molar-refractivity contribution in [1.29, 1.82) is 0 Å². The van der Waals surface area contributed by atoms with E-state index in [1.165, 1.54) is 12.1 Å². The molecule has 0 saturated heterocycles. The zero-order chi connectivity index (χ0) is 10.3. The monoisotopic (exact) mass is 203 g/mol. The van der Waals surface area contributed by atoms with Crippen molar-refractivity contribution >= 4 is 16.9 Å². The summed E-state index contributed by atoms with van der Waals surface area (Å²) in [6.45, 7) is 2.00. The van der Waals surface area contributed by atoms with Crippen LogP contribution < -0.4 is 5.90 Å². The number of carbonyl (C=O) groups excluding carboxylic acids is 1. The molecule has 5 nitrogen and oxygen atoms in total. The second kappa shape index (κ2) is 5.41. The Balaban J connectivity index is 0.000000671. The van der Waals surface area contributed by atoms with E-state index >= 15 is 0 Å². The molecule has 6 heteroatoms. The van der Waals surface area contributed by atoms with E-state index in [9.17, 15) is 8.42 Å². The Morgan fingerprint density at radius 2 is 1.62 bits per heavy atom. The van der Waals surface area contributed by atoms with Gasteiger partial charge in [0, 0.05) is 0 Å². The predicted molar refractivity (Wildman–Crippen MR) is 46.0 cm³/mol. The van der Waals surface area contributed by atoms with Crippen molar-refractivity contribution in [2.75, 3.05) is 0 Å². The van der Waals surface area contributed by atoms with Crippen molar-refractivity contribution in [3.05, 3.63) is 30.3 Å². The smallest absolute Gasteiger partial charge is 0.307 e.